The molecule has 0 unspecified atom stereocenters. The molecule has 3 aromatic rings. The molecule has 3 rings (SSSR count). The molecule has 8 heteroatoms. The van der Waals surface area contributed by atoms with Crippen molar-refractivity contribution in [3.8, 4) is 0 Å². The van der Waals surface area contributed by atoms with E-state index in [1.807, 2.05) is 0 Å². The van der Waals surface area contributed by atoms with Crippen molar-refractivity contribution in [2.75, 3.05) is 0 Å². The van der Waals surface area contributed by atoms with Crippen LogP contribution in [-0.4, -0.2) is 18.5 Å². The van der Waals surface area contributed by atoms with Gasteiger partial charge in [-0.3, -0.25) is 0 Å². The van der Waals surface area contributed by atoms with Crippen molar-refractivity contribution in [1.82, 2.24) is 0 Å². The standard InChI is InChI=1S/C19H17S.CHF3O3S/c1-4-10-17(11-5-1)16-20(18-12-6-2-7-13-18)19-14-8-3-9-15-19;2-1(3,4)8(5,6)7/h1-15H,16H2;(H,5,6,7)/q+1;/p-1. The topological polar surface area (TPSA) is 57.2 Å². The van der Waals surface area contributed by atoms with Gasteiger partial charge < -0.3 is 4.55 Å². The molecule has 0 aliphatic rings. The average molecular weight is 426 g/mol. The first-order chi connectivity index (χ1) is 13.2. The highest BCUT2D eigenvalue weighted by Crippen LogP contribution is 2.26. The maximum absolute atomic E-state index is 10.7. The lowest BCUT2D eigenvalue weighted by Gasteiger charge is -2.08. The molecule has 0 N–H and O–H groups in total. The van der Waals surface area contributed by atoms with Gasteiger partial charge in [-0.2, -0.15) is 13.2 Å². The summed E-state index contributed by atoms with van der Waals surface area (Å²) in [4.78, 5) is 2.81. The van der Waals surface area contributed by atoms with E-state index < -0.39 is 15.6 Å². The lowest BCUT2D eigenvalue weighted by atomic mass is 10.2. The third-order valence-electron chi connectivity index (χ3n) is 3.49. The van der Waals surface area contributed by atoms with Crippen LogP contribution >= 0.6 is 0 Å². The fourth-order valence-electron chi connectivity index (χ4n) is 2.21. The molecule has 0 saturated heterocycles. The lowest BCUT2D eigenvalue weighted by Crippen LogP contribution is -2.21. The Morgan fingerprint density at radius 1 is 0.714 bits per heavy atom. The largest absolute Gasteiger partial charge is 0.741 e. The van der Waals surface area contributed by atoms with Gasteiger partial charge >= 0.3 is 5.51 Å². The van der Waals surface area contributed by atoms with Gasteiger partial charge in [-0.25, -0.2) is 8.42 Å². The number of hydrogen-bond donors (Lipinski definition) is 0. The minimum absolute atomic E-state index is 0.0978. The molecule has 0 aromatic heterocycles. The third kappa shape index (κ3) is 6.70. The second-order valence-corrected chi connectivity index (χ2v) is 8.93. The van der Waals surface area contributed by atoms with Crippen molar-refractivity contribution in [1.29, 1.82) is 0 Å². The lowest BCUT2D eigenvalue weighted by molar-refractivity contribution is -0.0517. The van der Waals surface area contributed by atoms with E-state index in [2.05, 4.69) is 91.0 Å². The molecule has 148 valence electrons. The number of benzene rings is 3. The summed E-state index contributed by atoms with van der Waals surface area (Å²) in [7, 11) is -5.99. The molecule has 0 amide bonds. The summed E-state index contributed by atoms with van der Waals surface area (Å²) in [6.07, 6.45) is 0. The molecule has 0 aliphatic heterocycles. The Hall–Kier alpha value is -2.29. The van der Waals surface area contributed by atoms with Crippen molar-refractivity contribution in [3.05, 3.63) is 96.6 Å². The van der Waals surface area contributed by atoms with Crippen LogP contribution in [0.25, 0.3) is 0 Å². The molecule has 0 aliphatic carbocycles. The molecule has 28 heavy (non-hydrogen) atoms. The van der Waals surface area contributed by atoms with Crippen molar-refractivity contribution < 1.29 is 26.1 Å². The van der Waals surface area contributed by atoms with Crippen molar-refractivity contribution in [3.63, 3.8) is 0 Å². The second-order valence-electron chi connectivity index (χ2n) is 5.55. The summed E-state index contributed by atoms with van der Waals surface area (Å²) >= 11 is 0. The minimum Gasteiger partial charge on any atom is -0.741 e. The van der Waals surface area contributed by atoms with Crippen LogP contribution in [0.5, 0.6) is 0 Å². The van der Waals surface area contributed by atoms with Gasteiger partial charge in [-0.1, -0.05) is 66.7 Å². The van der Waals surface area contributed by atoms with Gasteiger partial charge in [0.05, 0.1) is 10.9 Å². The van der Waals surface area contributed by atoms with Gasteiger partial charge in [0.1, 0.15) is 5.75 Å². The van der Waals surface area contributed by atoms with Gasteiger partial charge in [0.25, 0.3) is 0 Å². The molecule has 0 atom stereocenters. The predicted octanol–water partition coefficient (Wildman–Crippen LogP) is 4.97. The summed E-state index contributed by atoms with van der Waals surface area (Å²) in [6, 6.07) is 32.4. The predicted molar refractivity (Wildman–Crippen MR) is 103 cm³/mol. The van der Waals surface area contributed by atoms with E-state index in [9.17, 15) is 13.2 Å². The van der Waals surface area contributed by atoms with Crippen LogP contribution in [0.15, 0.2) is 101 Å². The Morgan fingerprint density at radius 2 is 1.04 bits per heavy atom. The molecule has 0 radical (unpaired) electrons. The molecule has 0 spiro atoms. The van der Waals surface area contributed by atoms with E-state index in [1.54, 1.807) is 0 Å². The van der Waals surface area contributed by atoms with Crippen LogP contribution in [0, 0.1) is 0 Å². The molecule has 0 fully saturated rings. The normalized spacial score (nSPS) is 11.6. The fourth-order valence-corrected chi connectivity index (χ4v) is 4.32. The quantitative estimate of drug-likeness (QED) is 0.336. The number of alkyl halides is 3. The van der Waals surface area contributed by atoms with Crippen LogP contribution in [0.1, 0.15) is 5.56 Å². The van der Waals surface area contributed by atoms with Crippen molar-refractivity contribution in [2.24, 2.45) is 0 Å². The maximum atomic E-state index is 10.7. The summed E-state index contributed by atoms with van der Waals surface area (Å²) in [5, 5.41) is 0. The Morgan fingerprint density at radius 3 is 1.36 bits per heavy atom. The van der Waals surface area contributed by atoms with E-state index >= 15 is 0 Å². The van der Waals surface area contributed by atoms with Crippen molar-refractivity contribution in [2.45, 2.75) is 21.1 Å². The van der Waals surface area contributed by atoms with E-state index in [4.69, 9.17) is 13.0 Å². The Kier molecular flexibility index (Phi) is 7.68. The highest BCUT2D eigenvalue weighted by Gasteiger charge is 2.36. The summed E-state index contributed by atoms with van der Waals surface area (Å²) < 4.78 is 58.9. The van der Waals surface area contributed by atoms with E-state index in [0.717, 1.165) is 5.75 Å². The maximum Gasteiger partial charge on any atom is 0.485 e. The van der Waals surface area contributed by atoms with E-state index in [-0.39, 0.29) is 10.9 Å². The Labute approximate surface area is 164 Å². The monoisotopic (exact) mass is 426 g/mol. The molecule has 0 heterocycles. The number of halogens is 3. The molecule has 3 nitrogen and oxygen atoms in total. The SMILES string of the molecule is O=S(=O)([O-])C(F)(F)F.c1ccc(C[S+](c2ccccc2)c2ccccc2)cc1. The second kappa shape index (κ2) is 9.77. The zero-order valence-corrected chi connectivity index (χ0v) is 16.2. The molecule has 3 aromatic carbocycles. The Balaban J connectivity index is 0.000000300. The fraction of sp³-hybridized carbons (Fsp3) is 0.100. The Bertz CT molecular complexity index is 907. The van der Waals surface area contributed by atoms with Crippen LogP contribution in [0.4, 0.5) is 13.2 Å². The zero-order chi connectivity index (χ0) is 20.6. The zero-order valence-electron chi connectivity index (χ0n) is 14.5. The minimum atomic E-state index is -6.09. The smallest absolute Gasteiger partial charge is 0.485 e. The summed E-state index contributed by atoms with van der Waals surface area (Å²) in [5.41, 5.74) is -4.25. The number of hydrogen-bond acceptors (Lipinski definition) is 3. The number of rotatable bonds is 4. The van der Waals surface area contributed by atoms with Crippen molar-refractivity contribution >= 4 is 21.0 Å². The average Bonchev–Trinajstić information content (AvgIpc) is 2.67. The molecule has 0 bridgehead atoms. The van der Waals surface area contributed by atoms with Gasteiger partial charge in [0.2, 0.25) is 0 Å². The molecular weight excluding hydrogens is 409 g/mol. The highest BCUT2D eigenvalue weighted by atomic mass is 32.2. The summed E-state index contributed by atoms with van der Waals surface area (Å²) in [6.45, 7) is 0. The van der Waals surface area contributed by atoms with Gasteiger partial charge in [0.15, 0.2) is 19.9 Å². The van der Waals surface area contributed by atoms with Gasteiger partial charge in [-0.05, 0) is 24.3 Å². The van der Waals surface area contributed by atoms with Gasteiger partial charge in [0, 0.05) is 5.56 Å². The third-order valence-corrected chi connectivity index (χ3v) is 6.36. The van der Waals surface area contributed by atoms with Crippen LogP contribution in [0.3, 0.4) is 0 Å². The van der Waals surface area contributed by atoms with Crippen LogP contribution < -0.4 is 0 Å². The highest BCUT2D eigenvalue weighted by molar-refractivity contribution is 7.96. The van der Waals surface area contributed by atoms with Gasteiger partial charge in [-0.15, -0.1) is 0 Å². The van der Waals surface area contributed by atoms with E-state index in [1.165, 1.54) is 15.4 Å². The summed E-state index contributed by atoms with van der Waals surface area (Å²) in [5.74, 6) is 1.06. The van der Waals surface area contributed by atoms with Crippen LogP contribution in [-0.2, 0) is 26.8 Å². The molecule has 0 saturated carbocycles. The first-order valence-corrected chi connectivity index (χ1v) is 10.9. The van der Waals surface area contributed by atoms with E-state index in [0.29, 0.717) is 0 Å². The first kappa shape index (κ1) is 22.0. The first-order valence-electron chi connectivity index (χ1n) is 8.05. The van der Waals surface area contributed by atoms with Crippen LogP contribution in [0.2, 0.25) is 0 Å². The molecular formula is C20H17F3O3S2.